The number of rotatable bonds is 2. The van der Waals surface area contributed by atoms with E-state index in [1.165, 1.54) is 12.3 Å². The summed E-state index contributed by atoms with van der Waals surface area (Å²) in [6.45, 7) is 2.05. The highest BCUT2D eigenvalue weighted by Crippen LogP contribution is 2.23. The van der Waals surface area contributed by atoms with Crippen LogP contribution in [-0.2, 0) is 0 Å². The molecule has 1 nitrogen and oxygen atoms in total. The second kappa shape index (κ2) is 3.72. The molecule has 0 aromatic carbocycles. The van der Waals surface area contributed by atoms with Gasteiger partial charge in [-0.3, -0.25) is 4.98 Å². The van der Waals surface area contributed by atoms with E-state index in [2.05, 4.69) is 4.98 Å². The zero-order valence-electron chi connectivity index (χ0n) is 6.54. The molecule has 0 saturated heterocycles. The number of pyridine rings is 1. The minimum absolute atomic E-state index is 0.276. The zero-order valence-corrected chi connectivity index (χ0v) is 7.36. The number of hydrogen-bond acceptors (Lipinski definition) is 2. The third-order valence-electron chi connectivity index (χ3n) is 1.52. The van der Waals surface area contributed by atoms with Gasteiger partial charge in [0.1, 0.15) is 5.82 Å². The highest BCUT2D eigenvalue weighted by Gasteiger charge is 2.03. The number of nitrogens with zero attached hydrogens (tertiary/aromatic N) is 1. The summed E-state index contributed by atoms with van der Waals surface area (Å²) in [6.07, 6.45) is 3.26. The van der Waals surface area contributed by atoms with Gasteiger partial charge in [0.15, 0.2) is 0 Å². The number of hydrogen-bond donors (Lipinski definition) is 0. The van der Waals surface area contributed by atoms with E-state index in [0.29, 0.717) is 5.25 Å². The minimum atomic E-state index is -0.276. The monoisotopic (exact) mass is 171 g/mol. The smallest absolute Gasteiger partial charge is 0.141 e. The molecule has 0 spiro atoms. The predicted molar refractivity (Wildman–Crippen MR) is 46.1 cm³/mol. The van der Waals surface area contributed by atoms with E-state index >= 15 is 0 Å². The van der Waals surface area contributed by atoms with Crippen molar-refractivity contribution in [3.8, 4) is 0 Å². The van der Waals surface area contributed by atoms with Gasteiger partial charge >= 0.3 is 0 Å². The second-order valence-corrected chi connectivity index (χ2v) is 3.46. The van der Waals surface area contributed by atoms with Crippen LogP contribution in [0.1, 0.15) is 17.9 Å². The minimum Gasteiger partial charge on any atom is -0.257 e. The molecule has 0 aliphatic carbocycles. The SMILES string of the molecule is CSC(C)c1ccc(F)cn1. The molecule has 1 aromatic rings. The number of aromatic nitrogens is 1. The Hall–Kier alpha value is -0.570. The van der Waals surface area contributed by atoms with Crippen molar-refractivity contribution in [2.24, 2.45) is 0 Å². The summed E-state index contributed by atoms with van der Waals surface area (Å²) in [6, 6.07) is 3.16. The molecule has 11 heavy (non-hydrogen) atoms. The van der Waals surface area contributed by atoms with Crippen LogP contribution in [0, 0.1) is 5.82 Å². The average molecular weight is 171 g/mol. The fourth-order valence-electron chi connectivity index (χ4n) is 0.748. The van der Waals surface area contributed by atoms with E-state index < -0.39 is 0 Å². The first-order valence-electron chi connectivity index (χ1n) is 3.38. The van der Waals surface area contributed by atoms with Crippen molar-refractivity contribution in [2.45, 2.75) is 12.2 Å². The molecule has 0 bridgehead atoms. The van der Waals surface area contributed by atoms with Gasteiger partial charge in [-0.2, -0.15) is 11.8 Å². The van der Waals surface area contributed by atoms with Gasteiger partial charge in [-0.15, -0.1) is 0 Å². The molecular weight excluding hydrogens is 161 g/mol. The van der Waals surface area contributed by atoms with Crippen LogP contribution in [0.5, 0.6) is 0 Å². The summed E-state index contributed by atoms with van der Waals surface area (Å²) in [7, 11) is 0. The summed E-state index contributed by atoms with van der Waals surface area (Å²) in [5.41, 5.74) is 0.930. The molecule has 0 saturated carbocycles. The first-order chi connectivity index (χ1) is 5.24. The maximum absolute atomic E-state index is 12.4. The van der Waals surface area contributed by atoms with Crippen molar-refractivity contribution in [3.05, 3.63) is 29.8 Å². The van der Waals surface area contributed by atoms with Crippen LogP contribution >= 0.6 is 11.8 Å². The summed E-state index contributed by atoms with van der Waals surface area (Å²) < 4.78 is 12.4. The maximum atomic E-state index is 12.4. The van der Waals surface area contributed by atoms with E-state index in [9.17, 15) is 4.39 Å². The van der Waals surface area contributed by atoms with Crippen LogP contribution in [0.2, 0.25) is 0 Å². The van der Waals surface area contributed by atoms with Crippen LogP contribution in [-0.4, -0.2) is 11.2 Å². The average Bonchev–Trinajstić information content (AvgIpc) is 2.05. The van der Waals surface area contributed by atoms with Gasteiger partial charge in [0, 0.05) is 5.25 Å². The van der Waals surface area contributed by atoms with Crippen molar-refractivity contribution in [1.82, 2.24) is 4.98 Å². The van der Waals surface area contributed by atoms with Gasteiger partial charge < -0.3 is 0 Å². The van der Waals surface area contributed by atoms with Gasteiger partial charge in [0.05, 0.1) is 11.9 Å². The van der Waals surface area contributed by atoms with Gasteiger partial charge in [-0.1, -0.05) is 0 Å². The van der Waals surface area contributed by atoms with Gasteiger partial charge in [-0.05, 0) is 25.3 Å². The molecule has 1 unspecified atom stereocenters. The first kappa shape index (κ1) is 8.53. The summed E-state index contributed by atoms with van der Waals surface area (Å²) in [5.74, 6) is -0.276. The summed E-state index contributed by atoms with van der Waals surface area (Å²) >= 11 is 1.70. The molecule has 1 atom stereocenters. The molecule has 0 aliphatic rings. The molecule has 60 valence electrons. The molecule has 1 rings (SSSR count). The predicted octanol–water partition coefficient (Wildman–Crippen LogP) is 2.64. The van der Waals surface area contributed by atoms with E-state index in [1.807, 2.05) is 13.2 Å². The lowest BCUT2D eigenvalue weighted by Gasteiger charge is -2.05. The number of halogens is 1. The maximum Gasteiger partial charge on any atom is 0.141 e. The Morgan fingerprint density at radius 3 is 2.73 bits per heavy atom. The summed E-state index contributed by atoms with van der Waals surface area (Å²) in [5, 5.41) is 0.343. The van der Waals surface area contributed by atoms with Crippen LogP contribution in [0.4, 0.5) is 4.39 Å². The molecule has 0 radical (unpaired) electrons. The fourth-order valence-corrected chi connectivity index (χ4v) is 1.13. The van der Waals surface area contributed by atoms with Crippen molar-refractivity contribution in [1.29, 1.82) is 0 Å². The zero-order chi connectivity index (χ0) is 8.27. The molecule has 0 aliphatic heterocycles. The normalized spacial score (nSPS) is 13.0. The molecule has 0 fully saturated rings. The van der Waals surface area contributed by atoms with Crippen molar-refractivity contribution in [2.75, 3.05) is 6.26 Å². The van der Waals surface area contributed by atoms with Crippen LogP contribution in [0.25, 0.3) is 0 Å². The standard InChI is InChI=1S/C8H10FNS/c1-6(11-2)8-4-3-7(9)5-10-8/h3-6H,1-2H3. The lowest BCUT2D eigenvalue weighted by molar-refractivity contribution is 0.619. The van der Waals surface area contributed by atoms with E-state index in [1.54, 1.807) is 17.8 Å². The van der Waals surface area contributed by atoms with Crippen molar-refractivity contribution < 1.29 is 4.39 Å². The largest absolute Gasteiger partial charge is 0.257 e. The van der Waals surface area contributed by atoms with Crippen LogP contribution in [0.3, 0.4) is 0 Å². The molecule has 3 heteroatoms. The Bertz CT molecular complexity index is 222. The Morgan fingerprint density at radius 2 is 2.27 bits per heavy atom. The van der Waals surface area contributed by atoms with Gasteiger partial charge in [0.25, 0.3) is 0 Å². The highest BCUT2D eigenvalue weighted by molar-refractivity contribution is 7.98. The molecule has 1 heterocycles. The lowest BCUT2D eigenvalue weighted by Crippen LogP contribution is -1.91. The van der Waals surface area contributed by atoms with Crippen LogP contribution in [0.15, 0.2) is 18.3 Å². The topological polar surface area (TPSA) is 12.9 Å². The Morgan fingerprint density at radius 1 is 1.55 bits per heavy atom. The molecule has 1 aromatic heterocycles. The molecule has 0 N–H and O–H groups in total. The van der Waals surface area contributed by atoms with E-state index in [4.69, 9.17) is 0 Å². The van der Waals surface area contributed by atoms with Gasteiger partial charge in [0.2, 0.25) is 0 Å². The van der Waals surface area contributed by atoms with Crippen molar-refractivity contribution in [3.63, 3.8) is 0 Å². The summed E-state index contributed by atoms with van der Waals surface area (Å²) in [4.78, 5) is 3.95. The first-order valence-corrected chi connectivity index (χ1v) is 4.67. The van der Waals surface area contributed by atoms with E-state index in [0.717, 1.165) is 5.69 Å². The quantitative estimate of drug-likeness (QED) is 0.678. The second-order valence-electron chi connectivity index (χ2n) is 2.28. The van der Waals surface area contributed by atoms with Gasteiger partial charge in [-0.25, -0.2) is 4.39 Å². The third kappa shape index (κ3) is 2.19. The Kier molecular flexibility index (Phi) is 2.88. The lowest BCUT2D eigenvalue weighted by atomic mass is 10.3. The third-order valence-corrected chi connectivity index (χ3v) is 2.47. The molecular formula is C8H10FNS. The highest BCUT2D eigenvalue weighted by atomic mass is 32.2. The number of thioether (sulfide) groups is 1. The molecule has 0 amide bonds. The van der Waals surface area contributed by atoms with Crippen molar-refractivity contribution >= 4 is 11.8 Å². The van der Waals surface area contributed by atoms with Crippen LogP contribution < -0.4 is 0 Å². The fraction of sp³-hybridized carbons (Fsp3) is 0.375. The Balaban J connectivity index is 2.81. The Labute approximate surface area is 70.0 Å². The van der Waals surface area contributed by atoms with E-state index in [-0.39, 0.29) is 5.82 Å².